The Morgan fingerprint density at radius 1 is 0.836 bits per heavy atom. The van der Waals surface area contributed by atoms with Crippen LogP contribution in [-0.4, -0.2) is 142 Å². The summed E-state index contributed by atoms with van der Waals surface area (Å²) in [7, 11) is 0. The lowest BCUT2D eigenvalue weighted by atomic mass is 10.0. The average Bonchev–Trinajstić information content (AvgIpc) is 3.68. The number of hydrogen-bond acceptors (Lipinski definition) is 11. The molecule has 0 aliphatic carbocycles. The van der Waals surface area contributed by atoms with Gasteiger partial charge >= 0.3 is 0 Å². The van der Waals surface area contributed by atoms with Crippen molar-refractivity contribution in [2.24, 2.45) is 0 Å². The summed E-state index contributed by atoms with van der Waals surface area (Å²) in [6.45, 7) is 6.16. The predicted octanol–water partition coefficient (Wildman–Crippen LogP) is -1.14. The second-order valence-electron chi connectivity index (χ2n) is 14.4. The Kier molecular flexibility index (Phi) is 14.9. The van der Waals surface area contributed by atoms with E-state index >= 15 is 0 Å². The molecule has 6 atom stereocenters. The zero-order valence-corrected chi connectivity index (χ0v) is 31.6. The molecule has 6 N–H and O–H groups in total. The van der Waals surface area contributed by atoms with Crippen LogP contribution >= 0.6 is 0 Å². The molecule has 4 heterocycles. The lowest BCUT2D eigenvalue weighted by Crippen LogP contribution is -2.61. The number of piperazine rings is 1. The lowest BCUT2D eigenvalue weighted by Gasteiger charge is -2.34. The second kappa shape index (κ2) is 20.0. The number of aromatic nitrogens is 2. The maximum Gasteiger partial charge on any atom is 0.246 e. The van der Waals surface area contributed by atoms with E-state index in [0.29, 0.717) is 64.4 Å². The molecular formula is C38H54N10O7. The number of anilines is 1. The number of aliphatic hydroxyl groups is 1. The van der Waals surface area contributed by atoms with Crippen molar-refractivity contribution < 1.29 is 33.9 Å². The first kappa shape index (κ1) is 41.0. The molecule has 0 spiro atoms. The van der Waals surface area contributed by atoms with Crippen LogP contribution in [-0.2, 0) is 35.2 Å². The van der Waals surface area contributed by atoms with Crippen LogP contribution in [0.2, 0.25) is 0 Å². The van der Waals surface area contributed by atoms with Crippen molar-refractivity contribution in [3.8, 4) is 0 Å². The van der Waals surface area contributed by atoms with Crippen molar-refractivity contribution in [2.75, 3.05) is 50.7 Å². The van der Waals surface area contributed by atoms with Crippen LogP contribution in [0.25, 0.3) is 0 Å². The van der Waals surface area contributed by atoms with Crippen molar-refractivity contribution in [1.29, 1.82) is 0 Å². The standard InChI is InChI=1S/C38H54N10O7/c1-3-27-33(51)45-32(25(2)49)36(54)44-29(23-26-11-5-4-6-12-26)37(55)48-18-9-14-30(48)35(53)39-15-8-7-13-28(34(52)43-27)42-31(50)24-46-19-21-47(22-20-46)38-40-16-10-17-41-38/h4-6,10-12,16-17,25,27-30,32,49H,3,7-9,13-15,18-24H2,1-2H3,(H,39,53)(H,42,50)(H,43,52)(H,44,54)(H,45,51)/t25-,27+,28+,29-,30+,32+/m1/s1. The summed E-state index contributed by atoms with van der Waals surface area (Å²) in [5.74, 6) is -2.54. The van der Waals surface area contributed by atoms with E-state index in [1.165, 1.54) is 11.8 Å². The van der Waals surface area contributed by atoms with Crippen molar-refractivity contribution in [1.82, 2.24) is 46.4 Å². The zero-order valence-electron chi connectivity index (χ0n) is 31.6. The van der Waals surface area contributed by atoms with Gasteiger partial charge in [-0.1, -0.05) is 37.3 Å². The van der Waals surface area contributed by atoms with Crippen molar-refractivity contribution in [3.63, 3.8) is 0 Å². The molecule has 0 unspecified atom stereocenters. The van der Waals surface area contributed by atoms with Gasteiger partial charge < -0.3 is 41.5 Å². The van der Waals surface area contributed by atoms with E-state index in [-0.39, 0.29) is 44.2 Å². The fraction of sp³-hybridized carbons (Fsp3) is 0.579. The largest absolute Gasteiger partial charge is 0.391 e. The van der Waals surface area contributed by atoms with Crippen molar-refractivity contribution >= 4 is 41.4 Å². The maximum absolute atomic E-state index is 14.0. The molecule has 2 aromatic rings. The number of hydrogen-bond donors (Lipinski definition) is 6. The first-order valence-electron chi connectivity index (χ1n) is 19.3. The Balaban J connectivity index is 1.30. The van der Waals surface area contributed by atoms with Gasteiger partial charge in [0.2, 0.25) is 41.4 Å². The number of fused-ring (bicyclic) bond motifs is 1. The van der Waals surface area contributed by atoms with Crippen LogP contribution in [0.5, 0.6) is 0 Å². The van der Waals surface area contributed by atoms with Gasteiger partial charge in [-0.15, -0.1) is 0 Å². The van der Waals surface area contributed by atoms with E-state index in [0.717, 1.165) is 5.56 Å². The van der Waals surface area contributed by atoms with Gasteiger partial charge in [0.05, 0.1) is 12.6 Å². The van der Waals surface area contributed by atoms with E-state index in [1.807, 2.05) is 40.1 Å². The van der Waals surface area contributed by atoms with Gasteiger partial charge in [-0.05, 0) is 57.1 Å². The van der Waals surface area contributed by atoms with E-state index in [2.05, 4.69) is 36.6 Å². The molecule has 1 aromatic carbocycles. The Hall–Kier alpha value is -5.16. The number of aliphatic hydroxyl groups excluding tert-OH is 1. The molecule has 0 bridgehead atoms. The monoisotopic (exact) mass is 762 g/mol. The normalized spacial score (nSPS) is 25.9. The number of benzene rings is 1. The highest BCUT2D eigenvalue weighted by molar-refractivity contribution is 5.97. The van der Waals surface area contributed by atoms with Gasteiger partial charge in [-0.25, -0.2) is 9.97 Å². The van der Waals surface area contributed by atoms with Crippen LogP contribution in [0.1, 0.15) is 57.9 Å². The van der Waals surface area contributed by atoms with E-state index in [1.54, 1.807) is 25.4 Å². The van der Waals surface area contributed by atoms with Crippen molar-refractivity contribution in [2.45, 2.75) is 95.1 Å². The highest BCUT2D eigenvalue weighted by Crippen LogP contribution is 2.20. The fourth-order valence-corrected chi connectivity index (χ4v) is 7.17. The third-order valence-electron chi connectivity index (χ3n) is 10.3. The van der Waals surface area contributed by atoms with Crippen LogP contribution in [0.3, 0.4) is 0 Å². The van der Waals surface area contributed by atoms with Crippen LogP contribution in [0.15, 0.2) is 48.8 Å². The molecule has 0 saturated carbocycles. The van der Waals surface area contributed by atoms with Crippen LogP contribution in [0, 0.1) is 0 Å². The third-order valence-corrected chi connectivity index (χ3v) is 10.3. The summed E-state index contributed by atoms with van der Waals surface area (Å²) in [4.78, 5) is 95.9. The minimum atomic E-state index is -1.46. The molecule has 17 nitrogen and oxygen atoms in total. The summed E-state index contributed by atoms with van der Waals surface area (Å²) in [5, 5.41) is 24.5. The van der Waals surface area contributed by atoms with Gasteiger partial charge in [-0.2, -0.15) is 0 Å². The molecule has 6 amide bonds. The van der Waals surface area contributed by atoms with Crippen LogP contribution in [0.4, 0.5) is 5.95 Å². The highest BCUT2D eigenvalue weighted by Gasteiger charge is 2.39. The number of nitrogens with zero attached hydrogens (tertiary/aromatic N) is 5. The summed E-state index contributed by atoms with van der Waals surface area (Å²) < 4.78 is 0. The van der Waals surface area contributed by atoms with Crippen molar-refractivity contribution in [3.05, 3.63) is 54.4 Å². The van der Waals surface area contributed by atoms with Gasteiger partial charge in [-0.3, -0.25) is 33.7 Å². The molecule has 298 valence electrons. The number of rotatable bonds is 8. The number of carbonyl (C=O) groups excluding carboxylic acids is 6. The first-order chi connectivity index (χ1) is 26.5. The zero-order chi connectivity index (χ0) is 39.3. The third kappa shape index (κ3) is 11.4. The van der Waals surface area contributed by atoms with Gasteiger partial charge in [0, 0.05) is 58.1 Å². The highest BCUT2D eigenvalue weighted by atomic mass is 16.3. The molecule has 3 saturated heterocycles. The quantitative estimate of drug-likeness (QED) is 0.189. The van der Waals surface area contributed by atoms with Crippen LogP contribution < -0.4 is 31.5 Å². The summed E-state index contributed by atoms with van der Waals surface area (Å²) in [6, 6.07) is 5.50. The predicted molar refractivity (Wildman–Crippen MR) is 202 cm³/mol. The number of amides is 6. The average molecular weight is 763 g/mol. The van der Waals surface area contributed by atoms with Gasteiger partial charge in [0.25, 0.3) is 0 Å². The van der Waals surface area contributed by atoms with E-state index < -0.39 is 59.9 Å². The first-order valence-corrected chi connectivity index (χ1v) is 19.3. The molecule has 3 aliphatic rings. The smallest absolute Gasteiger partial charge is 0.246 e. The Labute approximate surface area is 321 Å². The Morgan fingerprint density at radius 2 is 1.55 bits per heavy atom. The molecule has 55 heavy (non-hydrogen) atoms. The van der Waals surface area contributed by atoms with E-state index in [9.17, 15) is 33.9 Å². The Bertz CT molecular complexity index is 1620. The summed E-state index contributed by atoms with van der Waals surface area (Å²) in [5.41, 5.74) is 0.772. The number of nitrogens with one attached hydrogen (secondary N) is 5. The molecule has 1 aromatic heterocycles. The fourth-order valence-electron chi connectivity index (χ4n) is 7.17. The minimum absolute atomic E-state index is 0.0636. The van der Waals surface area contributed by atoms with E-state index in [4.69, 9.17) is 0 Å². The molecule has 5 rings (SSSR count). The second-order valence-corrected chi connectivity index (χ2v) is 14.4. The Morgan fingerprint density at radius 3 is 2.24 bits per heavy atom. The van der Waals surface area contributed by atoms with Gasteiger partial charge in [0.1, 0.15) is 30.2 Å². The summed E-state index contributed by atoms with van der Waals surface area (Å²) in [6.07, 6.45) is 4.53. The van der Waals surface area contributed by atoms with Gasteiger partial charge in [0.15, 0.2) is 0 Å². The minimum Gasteiger partial charge on any atom is -0.391 e. The lowest BCUT2D eigenvalue weighted by molar-refractivity contribution is -0.142. The molecule has 0 radical (unpaired) electrons. The topological polar surface area (TPSA) is 218 Å². The SMILES string of the molecule is CC[C@@H]1NC(=O)[C@@H](NC(=O)CN2CCN(c3ncccn3)CC2)CCCCNC(=O)[C@@H]2CCCN2C(=O)[C@@H](Cc2ccccc2)NC(=O)[C@H]([C@@H](C)O)NC1=O. The number of carbonyl (C=O) groups is 6. The molecule has 3 fully saturated rings. The molecule has 3 aliphatic heterocycles. The summed E-state index contributed by atoms with van der Waals surface area (Å²) >= 11 is 0. The molecule has 17 heteroatoms. The molecular weight excluding hydrogens is 708 g/mol. The maximum atomic E-state index is 14.0.